The summed E-state index contributed by atoms with van der Waals surface area (Å²) in [7, 11) is 0. The second-order valence-corrected chi connectivity index (χ2v) is 3.62. The van der Waals surface area contributed by atoms with Crippen molar-refractivity contribution in [2.75, 3.05) is 0 Å². The Bertz CT molecular complexity index is 221. The van der Waals surface area contributed by atoms with E-state index in [0.29, 0.717) is 19.3 Å². The number of hydrogen-bond donors (Lipinski definition) is 0. The standard InChI is InChI=1S/C8H9F3O/c9-8(10,11)7-4-2-1-3-5(12)6(4)7/h4,6-7H,1-3H2/t4-,6+,7+/m1/s1. The summed E-state index contributed by atoms with van der Waals surface area (Å²) < 4.78 is 36.5. The molecule has 1 nitrogen and oxygen atoms in total. The molecule has 0 heterocycles. The maximum absolute atomic E-state index is 12.2. The van der Waals surface area contributed by atoms with Gasteiger partial charge in [-0.2, -0.15) is 13.2 Å². The van der Waals surface area contributed by atoms with Crippen LogP contribution < -0.4 is 0 Å². The molecule has 0 aromatic carbocycles. The van der Waals surface area contributed by atoms with Crippen LogP contribution in [-0.2, 0) is 4.79 Å². The largest absolute Gasteiger partial charge is 0.392 e. The summed E-state index contributed by atoms with van der Waals surface area (Å²) in [6, 6.07) is 0. The number of carbonyl (C=O) groups is 1. The fraction of sp³-hybridized carbons (Fsp3) is 0.875. The van der Waals surface area contributed by atoms with Crippen molar-refractivity contribution < 1.29 is 18.0 Å². The van der Waals surface area contributed by atoms with Gasteiger partial charge in [-0.3, -0.25) is 4.79 Å². The predicted octanol–water partition coefficient (Wildman–Crippen LogP) is 2.16. The number of alkyl halides is 3. The van der Waals surface area contributed by atoms with Crippen LogP contribution in [0.5, 0.6) is 0 Å². The summed E-state index contributed by atoms with van der Waals surface area (Å²) in [6.45, 7) is 0. The zero-order valence-corrected chi connectivity index (χ0v) is 6.40. The van der Waals surface area contributed by atoms with Gasteiger partial charge in [-0.25, -0.2) is 0 Å². The van der Waals surface area contributed by atoms with Crippen molar-refractivity contribution in [1.82, 2.24) is 0 Å². The molecule has 0 aliphatic heterocycles. The summed E-state index contributed by atoms with van der Waals surface area (Å²) >= 11 is 0. The molecule has 0 unspecified atom stereocenters. The second kappa shape index (κ2) is 2.24. The van der Waals surface area contributed by atoms with Gasteiger partial charge in [0.15, 0.2) is 0 Å². The van der Waals surface area contributed by atoms with Crippen molar-refractivity contribution in [3.05, 3.63) is 0 Å². The van der Waals surface area contributed by atoms with Crippen molar-refractivity contribution in [1.29, 1.82) is 0 Å². The third kappa shape index (κ3) is 1.04. The highest BCUT2D eigenvalue weighted by atomic mass is 19.4. The van der Waals surface area contributed by atoms with Crippen molar-refractivity contribution in [3.8, 4) is 0 Å². The lowest BCUT2D eigenvalue weighted by atomic mass is 10.00. The molecule has 12 heavy (non-hydrogen) atoms. The van der Waals surface area contributed by atoms with Crippen LogP contribution in [-0.4, -0.2) is 12.0 Å². The Kier molecular flexibility index (Phi) is 1.50. The van der Waals surface area contributed by atoms with Crippen LogP contribution in [0.25, 0.3) is 0 Å². The lowest BCUT2D eigenvalue weighted by Crippen LogP contribution is -2.14. The first-order valence-electron chi connectivity index (χ1n) is 4.11. The molecule has 2 rings (SSSR count). The zero-order valence-electron chi connectivity index (χ0n) is 6.40. The molecule has 0 saturated heterocycles. The highest BCUT2D eigenvalue weighted by molar-refractivity contribution is 5.85. The second-order valence-electron chi connectivity index (χ2n) is 3.62. The van der Waals surface area contributed by atoms with Crippen LogP contribution in [0.2, 0.25) is 0 Å². The van der Waals surface area contributed by atoms with E-state index >= 15 is 0 Å². The molecule has 68 valence electrons. The fourth-order valence-corrected chi connectivity index (χ4v) is 2.30. The van der Waals surface area contributed by atoms with Crippen LogP contribution in [0.15, 0.2) is 0 Å². The molecule has 0 radical (unpaired) electrons. The average Bonchev–Trinajstić information content (AvgIpc) is 2.60. The molecule has 0 spiro atoms. The summed E-state index contributed by atoms with van der Waals surface area (Å²) in [5.41, 5.74) is 0. The fourth-order valence-electron chi connectivity index (χ4n) is 2.30. The Morgan fingerprint density at radius 3 is 2.50 bits per heavy atom. The van der Waals surface area contributed by atoms with E-state index in [1.807, 2.05) is 0 Å². The van der Waals surface area contributed by atoms with E-state index in [1.165, 1.54) is 0 Å². The smallest absolute Gasteiger partial charge is 0.299 e. The van der Waals surface area contributed by atoms with Crippen LogP contribution >= 0.6 is 0 Å². The molecule has 0 N–H and O–H groups in total. The highest BCUT2D eigenvalue weighted by Gasteiger charge is 2.67. The molecule has 2 saturated carbocycles. The molecule has 2 fully saturated rings. The number of carbonyl (C=O) groups excluding carboxylic acids is 1. The van der Waals surface area contributed by atoms with E-state index < -0.39 is 18.0 Å². The van der Waals surface area contributed by atoms with Crippen LogP contribution in [0, 0.1) is 17.8 Å². The Hall–Kier alpha value is -0.540. The third-order valence-electron chi connectivity index (χ3n) is 2.88. The van der Waals surface area contributed by atoms with Gasteiger partial charge in [0, 0.05) is 12.3 Å². The molecule has 0 bridgehead atoms. The van der Waals surface area contributed by atoms with Crippen LogP contribution in [0.1, 0.15) is 19.3 Å². The molecule has 2 aliphatic carbocycles. The Balaban J connectivity index is 2.10. The molecular weight excluding hydrogens is 169 g/mol. The minimum Gasteiger partial charge on any atom is -0.299 e. The average molecular weight is 178 g/mol. The van der Waals surface area contributed by atoms with E-state index in [0.717, 1.165) is 0 Å². The van der Waals surface area contributed by atoms with Crippen molar-refractivity contribution in [2.24, 2.45) is 17.8 Å². The minimum atomic E-state index is -4.14. The number of hydrogen-bond acceptors (Lipinski definition) is 1. The maximum atomic E-state index is 12.2. The van der Waals surface area contributed by atoms with Gasteiger partial charge in [0.05, 0.1) is 5.92 Å². The van der Waals surface area contributed by atoms with E-state index in [1.54, 1.807) is 0 Å². The minimum absolute atomic E-state index is 0.173. The predicted molar refractivity (Wildman–Crippen MR) is 35.4 cm³/mol. The number of Topliss-reactive ketones (excluding diaryl/α,β-unsaturated/α-hetero) is 1. The SMILES string of the molecule is O=C1CCC[C@@H]2[C@@H]1[C@H]2C(F)(F)F. The first-order chi connectivity index (χ1) is 5.52. The van der Waals surface area contributed by atoms with E-state index in [2.05, 4.69) is 0 Å². The number of halogens is 3. The summed E-state index contributed by atoms with van der Waals surface area (Å²) in [4.78, 5) is 11.0. The Morgan fingerprint density at radius 2 is 2.00 bits per heavy atom. The molecule has 0 amide bonds. The van der Waals surface area contributed by atoms with Crippen molar-refractivity contribution >= 4 is 5.78 Å². The van der Waals surface area contributed by atoms with Crippen molar-refractivity contribution in [2.45, 2.75) is 25.4 Å². The summed E-state index contributed by atoms with van der Waals surface area (Å²) in [6.07, 6.45) is -2.56. The van der Waals surface area contributed by atoms with Crippen LogP contribution in [0.3, 0.4) is 0 Å². The van der Waals surface area contributed by atoms with Gasteiger partial charge in [0.1, 0.15) is 5.78 Å². The molecule has 3 atom stereocenters. The lowest BCUT2D eigenvalue weighted by molar-refractivity contribution is -0.156. The number of ketones is 1. The lowest BCUT2D eigenvalue weighted by Gasteiger charge is -2.04. The molecule has 4 heteroatoms. The molecule has 0 aromatic rings. The van der Waals surface area contributed by atoms with Gasteiger partial charge in [-0.05, 0) is 18.8 Å². The molecular formula is C8H9F3O. The quantitative estimate of drug-likeness (QED) is 0.555. The Labute approximate surface area is 67.9 Å². The van der Waals surface area contributed by atoms with E-state index in [4.69, 9.17) is 0 Å². The van der Waals surface area contributed by atoms with E-state index in [-0.39, 0.29) is 11.7 Å². The zero-order chi connectivity index (χ0) is 8.93. The first kappa shape index (κ1) is 8.08. The van der Waals surface area contributed by atoms with Gasteiger partial charge < -0.3 is 0 Å². The van der Waals surface area contributed by atoms with Gasteiger partial charge >= 0.3 is 6.18 Å². The monoisotopic (exact) mass is 178 g/mol. The molecule has 2 aliphatic rings. The molecule has 0 aromatic heterocycles. The van der Waals surface area contributed by atoms with Gasteiger partial charge in [-0.1, -0.05) is 0 Å². The Morgan fingerprint density at radius 1 is 1.33 bits per heavy atom. The first-order valence-corrected chi connectivity index (χ1v) is 4.11. The van der Waals surface area contributed by atoms with Crippen molar-refractivity contribution in [3.63, 3.8) is 0 Å². The normalized spacial score (nSPS) is 40.9. The van der Waals surface area contributed by atoms with Gasteiger partial charge in [0.25, 0.3) is 0 Å². The maximum Gasteiger partial charge on any atom is 0.392 e. The summed E-state index contributed by atoms with van der Waals surface area (Å²) in [5, 5.41) is 0. The summed E-state index contributed by atoms with van der Waals surface area (Å²) in [5.74, 6) is -2.51. The highest BCUT2D eigenvalue weighted by Crippen LogP contribution is 2.60. The number of fused-ring (bicyclic) bond motifs is 1. The number of rotatable bonds is 0. The third-order valence-corrected chi connectivity index (χ3v) is 2.88. The van der Waals surface area contributed by atoms with Gasteiger partial charge in [0.2, 0.25) is 0 Å². The topological polar surface area (TPSA) is 17.1 Å². The van der Waals surface area contributed by atoms with Crippen LogP contribution in [0.4, 0.5) is 13.2 Å². The van der Waals surface area contributed by atoms with Gasteiger partial charge in [-0.15, -0.1) is 0 Å². The van der Waals surface area contributed by atoms with E-state index in [9.17, 15) is 18.0 Å².